The highest BCUT2D eigenvalue weighted by Gasteiger charge is 2.30. The predicted octanol–water partition coefficient (Wildman–Crippen LogP) is 6.34. The summed E-state index contributed by atoms with van der Waals surface area (Å²) in [6.45, 7) is 13.2. The van der Waals surface area contributed by atoms with Crippen molar-refractivity contribution in [3.05, 3.63) is 77.1 Å². The number of urea groups is 1. The first-order valence-corrected chi connectivity index (χ1v) is 16.4. The number of aryl methyl sites for hydroxylation is 1. The molecule has 2 N–H and O–H groups in total. The Morgan fingerprint density at radius 3 is 2.38 bits per heavy atom. The minimum Gasteiger partial charge on any atom is -0.484 e. The van der Waals surface area contributed by atoms with Crippen molar-refractivity contribution in [3.8, 4) is 5.75 Å². The van der Waals surface area contributed by atoms with Crippen LogP contribution in [0.1, 0.15) is 108 Å². The third kappa shape index (κ3) is 8.51. The first-order chi connectivity index (χ1) is 22.2. The number of pyridine rings is 1. The lowest BCUT2D eigenvalue weighted by Crippen LogP contribution is -2.36. The third-order valence-electron chi connectivity index (χ3n) is 8.31. The van der Waals surface area contributed by atoms with Crippen molar-refractivity contribution in [1.29, 1.82) is 0 Å². The Balaban J connectivity index is 1.28. The van der Waals surface area contributed by atoms with Gasteiger partial charge in [0.1, 0.15) is 35.1 Å². The first-order valence-electron chi connectivity index (χ1n) is 16.4. The van der Waals surface area contributed by atoms with Crippen LogP contribution in [0.4, 0.5) is 10.6 Å². The van der Waals surface area contributed by atoms with E-state index >= 15 is 0 Å². The number of anilines is 1. The number of nitrogens with one attached hydrogen (secondary N) is 2. The second-order valence-corrected chi connectivity index (χ2v) is 14.7. The van der Waals surface area contributed by atoms with E-state index in [9.17, 15) is 9.59 Å². The van der Waals surface area contributed by atoms with E-state index in [0.717, 1.165) is 40.5 Å². The number of benzene rings is 1. The molecule has 5 rings (SSSR count). The van der Waals surface area contributed by atoms with Crippen LogP contribution >= 0.6 is 0 Å². The smallest absolute Gasteiger partial charge is 0.320 e. The van der Waals surface area contributed by atoms with Gasteiger partial charge in [0.05, 0.1) is 17.9 Å². The molecule has 250 valence electrons. The number of fused-ring (bicyclic) bond motifs is 2. The number of rotatable bonds is 10. The number of carbonyl (C=O) groups is 2. The van der Waals surface area contributed by atoms with Crippen LogP contribution in [0.25, 0.3) is 5.65 Å². The molecule has 0 spiro atoms. The highest BCUT2D eigenvalue weighted by Crippen LogP contribution is 2.39. The molecule has 2 atom stereocenters. The molecule has 0 aliphatic heterocycles. The van der Waals surface area contributed by atoms with Crippen molar-refractivity contribution < 1.29 is 14.3 Å². The quantitative estimate of drug-likeness (QED) is 0.206. The van der Waals surface area contributed by atoms with Gasteiger partial charge in [0.15, 0.2) is 5.65 Å². The molecule has 2 amide bonds. The van der Waals surface area contributed by atoms with E-state index in [4.69, 9.17) is 9.72 Å². The summed E-state index contributed by atoms with van der Waals surface area (Å²) in [7, 11) is 3.90. The Labute approximate surface area is 277 Å². The Kier molecular flexibility index (Phi) is 9.95. The summed E-state index contributed by atoms with van der Waals surface area (Å²) >= 11 is 0. The molecule has 0 saturated heterocycles. The molecule has 0 unspecified atom stereocenters. The highest BCUT2D eigenvalue weighted by atomic mass is 16.5. The van der Waals surface area contributed by atoms with E-state index in [-0.39, 0.29) is 34.8 Å². The second-order valence-electron chi connectivity index (χ2n) is 14.7. The van der Waals surface area contributed by atoms with Crippen LogP contribution in [0.2, 0.25) is 0 Å². The maximum atomic E-state index is 13.4. The number of nitrogens with zero attached hydrogens (tertiary/aromatic N) is 6. The van der Waals surface area contributed by atoms with Crippen LogP contribution in [-0.2, 0) is 22.0 Å². The molecule has 0 saturated carbocycles. The number of ether oxygens (including phenoxy) is 1. The van der Waals surface area contributed by atoms with Gasteiger partial charge in [-0.2, -0.15) is 0 Å². The average Bonchev–Trinajstić information content (AvgIpc) is 3.44. The first kappa shape index (κ1) is 34.0. The summed E-state index contributed by atoms with van der Waals surface area (Å²) in [5, 5.41) is 14.8. The summed E-state index contributed by atoms with van der Waals surface area (Å²) in [5.41, 5.74) is 3.23. The van der Waals surface area contributed by atoms with Crippen LogP contribution in [0.15, 0.2) is 48.7 Å². The van der Waals surface area contributed by atoms with Gasteiger partial charge in [0.25, 0.3) is 0 Å². The zero-order valence-electron chi connectivity index (χ0n) is 28.9. The average molecular weight is 641 g/mol. The molecule has 0 bridgehead atoms. The number of ketones is 1. The summed E-state index contributed by atoms with van der Waals surface area (Å²) in [4.78, 5) is 37.1. The Bertz CT molecular complexity index is 1730. The molecule has 3 aromatic heterocycles. The van der Waals surface area contributed by atoms with Crippen molar-refractivity contribution in [2.75, 3.05) is 26.0 Å². The summed E-state index contributed by atoms with van der Waals surface area (Å²) in [6, 6.07) is 13.2. The number of hydrogen-bond acceptors (Lipinski definition) is 8. The number of carbonyl (C=O) groups excluding carboxylic acids is 2. The van der Waals surface area contributed by atoms with E-state index in [0.29, 0.717) is 43.9 Å². The van der Waals surface area contributed by atoms with Crippen molar-refractivity contribution >= 4 is 23.3 Å². The summed E-state index contributed by atoms with van der Waals surface area (Å²) in [5.74, 6) is 2.75. The van der Waals surface area contributed by atoms with Gasteiger partial charge in [0, 0.05) is 42.7 Å². The van der Waals surface area contributed by atoms with Gasteiger partial charge in [-0.25, -0.2) is 14.8 Å². The van der Waals surface area contributed by atoms with Crippen LogP contribution < -0.4 is 15.4 Å². The molecule has 1 aromatic carbocycles. The zero-order chi connectivity index (χ0) is 33.9. The molecule has 4 aromatic rings. The number of aromatic nitrogens is 5. The lowest BCUT2D eigenvalue weighted by molar-refractivity contribution is -0.119. The molecule has 1 aliphatic carbocycles. The maximum absolute atomic E-state index is 13.4. The van der Waals surface area contributed by atoms with Gasteiger partial charge in [-0.3, -0.25) is 14.5 Å². The van der Waals surface area contributed by atoms with Gasteiger partial charge in [-0.05, 0) is 50.2 Å². The van der Waals surface area contributed by atoms with Gasteiger partial charge in [-0.15, -0.1) is 10.2 Å². The fourth-order valence-electron chi connectivity index (χ4n) is 5.73. The molecule has 11 heteroatoms. The van der Waals surface area contributed by atoms with Crippen molar-refractivity contribution in [1.82, 2.24) is 34.8 Å². The second kappa shape index (κ2) is 13.8. The molecule has 1 aliphatic rings. The van der Waals surface area contributed by atoms with Gasteiger partial charge in [-0.1, -0.05) is 65.8 Å². The third-order valence-corrected chi connectivity index (χ3v) is 8.31. The van der Waals surface area contributed by atoms with E-state index in [1.165, 1.54) is 0 Å². The summed E-state index contributed by atoms with van der Waals surface area (Å²) < 4.78 is 8.54. The Morgan fingerprint density at radius 2 is 1.68 bits per heavy atom. The van der Waals surface area contributed by atoms with Gasteiger partial charge < -0.3 is 15.0 Å². The van der Waals surface area contributed by atoms with Crippen molar-refractivity contribution in [3.63, 3.8) is 0 Å². The number of amides is 2. The zero-order valence-corrected chi connectivity index (χ0v) is 28.9. The fraction of sp³-hybridized carbons (Fsp3) is 0.500. The van der Waals surface area contributed by atoms with E-state index in [2.05, 4.69) is 73.4 Å². The topological polar surface area (TPSA) is 127 Å². The molecule has 0 fully saturated rings. The van der Waals surface area contributed by atoms with Crippen LogP contribution in [-0.4, -0.2) is 61.9 Å². The van der Waals surface area contributed by atoms with Crippen molar-refractivity contribution in [2.24, 2.45) is 0 Å². The maximum Gasteiger partial charge on any atom is 0.320 e. The van der Waals surface area contributed by atoms with Gasteiger partial charge in [0.2, 0.25) is 0 Å². The van der Waals surface area contributed by atoms with E-state index < -0.39 is 0 Å². The fourth-order valence-corrected chi connectivity index (χ4v) is 5.73. The monoisotopic (exact) mass is 640 g/mol. The van der Waals surface area contributed by atoms with E-state index in [1.807, 2.05) is 66.0 Å². The lowest BCUT2D eigenvalue weighted by atomic mass is 9.85. The molecule has 0 radical (unpaired) electrons. The number of Topliss-reactive ketones (excluding diaryl/α,β-unsaturated/α-hetero) is 1. The minimum atomic E-state index is -0.344. The standard InChI is InChI=1S/C36H48N8O3/c1-35(2,3)29-21-31(39-30(38-29)17-13-23(45)19-20-43(7)8)40-34(46)37-27-15-16-28(26-12-10-9-11-25(26)27)47-24-14-18-32-41-42-33(36(4,5)6)44(32)22-24/h9-12,14,18,21-22,27-28H,13,15-17,19-20H2,1-8H3,(H2,37,38,39,40,46)/t27-,28+/m0/s1. The normalized spacial score (nSPS) is 16.6. The van der Waals surface area contributed by atoms with Crippen LogP contribution in [0.3, 0.4) is 0 Å². The SMILES string of the molecule is CN(C)CCC(=O)CCc1nc(NC(=O)N[C@H]2CC[C@@H](Oc3ccc4nnc(C(C)(C)C)n4c3)c3ccccc32)cc(C(C)(C)C)n1. The predicted molar refractivity (Wildman–Crippen MR) is 183 cm³/mol. The van der Waals surface area contributed by atoms with Crippen LogP contribution in [0.5, 0.6) is 5.75 Å². The largest absolute Gasteiger partial charge is 0.484 e. The van der Waals surface area contributed by atoms with Crippen LogP contribution in [0, 0.1) is 0 Å². The highest BCUT2D eigenvalue weighted by molar-refractivity contribution is 5.88. The molecular weight excluding hydrogens is 592 g/mol. The lowest BCUT2D eigenvalue weighted by Gasteiger charge is -2.32. The number of hydrogen-bond donors (Lipinski definition) is 2. The summed E-state index contributed by atoms with van der Waals surface area (Å²) in [6.07, 6.45) is 4.49. The van der Waals surface area contributed by atoms with E-state index in [1.54, 1.807) is 0 Å². The van der Waals surface area contributed by atoms with Gasteiger partial charge >= 0.3 is 6.03 Å². The Hall–Kier alpha value is -4.38. The molecule has 11 nitrogen and oxygen atoms in total. The molecule has 47 heavy (non-hydrogen) atoms. The molecule has 3 heterocycles. The minimum absolute atomic E-state index is 0.165. The molecular formula is C36H48N8O3. The van der Waals surface area contributed by atoms with Crippen molar-refractivity contribution in [2.45, 2.75) is 96.6 Å². The Morgan fingerprint density at radius 1 is 0.936 bits per heavy atom.